The van der Waals surface area contributed by atoms with Gasteiger partial charge in [0.25, 0.3) is 0 Å². The van der Waals surface area contributed by atoms with Crippen LogP contribution in [0.5, 0.6) is 0 Å². The molecule has 114 valence electrons. The second kappa shape index (κ2) is 7.33. The maximum absolute atomic E-state index is 4.34. The molecule has 2 rings (SSSR count). The molecule has 8 heteroatoms. The Hall–Kier alpha value is -0.990. The maximum atomic E-state index is 4.34. The monoisotopic (exact) mass is 370 g/mol. The van der Waals surface area contributed by atoms with Gasteiger partial charge in [-0.2, -0.15) is 0 Å². The second-order valence-electron chi connectivity index (χ2n) is 5.62. The molecule has 0 spiro atoms. The number of hydrogen-bond donors (Lipinski definition) is 1. The van der Waals surface area contributed by atoms with Gasteiger partial charge in [-0.3, -0.25) is 4.98 Å². The Balaban J connectivity index is 1.86. The lowest BCUT2D eigenvalue weighted by atomic mass is 10.1. The smallest absolute Gasteiger partial charge is 0.209 e. The van der Waals surface area contributed by atoms with Crippen LogP contribution in [0.2, 0.25) is 0 Å². The van der Waals surface area contributed by atoms with E-state index in [0.717, 1.165) is 34.2 Å². The molecule has 0 atom stereocenters. The molecule has 2 aromatic heterocycles. The Labute approximate surface area is 137 Å². The van der Waals surface area contributed by atoms with Gasteiger partial charge < -0.3 is 5.32 Å². The third kappa shape index (κ3) is 5.72. The first-order valence-electron chi connectivity index (χ1n) is 6.68. The largest absolute Gasteiger partial charge is 0.310 e. The molecule has 2 heterocycles. The van der Waals surface area contributed by atoms with Crippen LogP contribution in [0.1, 0.15) is 26.5 Å². The highest BCUT2D eigenvalue weighted by molar-refractivity contribution is 9.10. The second-order valence-corrected chi connectivity index (χ2v) is 7.48. The fraction of sp³-hybridized carbons (Fsp3) is 0.538. The number of nitrogens with zero attached hydrogens (tertiary/aromatic N) is 5. The molecule has 0 saturated carbocycles. The number of halogens is 1. The van der Waals surface area contributed by atoms with Gasteiger partial charge in [-0.25, -0.2) is 4.68 Å². The summed E-state index contributed by atoms with van der Waals surface area (Å²) < 4.78 is 2.80. The third-order valence-corrected chi connectivity index (χ3v) is 4.08. The summed E-state index contributed by atoms with van der Waals surface area (Å²) in [7, 11) is 0. The lowest BCUT2D eigenvalue weighted by molar-refractivity contribution is 0.396. The Kier molecular flexibility index (Phi) is 5.72. The third-order valence-electron chi connectivity index (χ3n) is 2.62. The van der Waals surface area contributed by atoms with Crippen LogP contribution in [0.25, 0.3) is 0 Å². The fourth-order valence-corrected chi connectivity index (χ4v) is 2.66. The van der Waals surface area contributed by atoms with Crippen LogP contribution in [-0.2, 0) is 12.3 Å². The Bertz CT molecular complexity index is 563. The zero-order chi connectivity index (χ0) is 15.3. The Morgan fingerprint density at radius 2 is 2.14 bits per heavy atom. The maximum Gasteiger partial charge on any atom is 0.209 e. The van der Waals surface area contributed by atoms with Crippen molar-refractivity contribution >= 4 is 27.7 Å². The molecule has 0 aliphatic rings. The van der Waals surface area contributed by atoms with E-state index in [-0.39, 0.29) is 5.54 Å². The van der Waals surface area contributed by atoms with Crippen molar-refractivity contribution in [3.63, 3.8) is 0 Å². The van der Waals surface area contributed by atoms with Crippen LogP contribution >= 0.6 is 27.7 Å². The lowest BCUT2D eigenvalue weighted by Crippen LogP contribution is -2.38. The van der Waals surface area contributed by atoms with Gasteiger partial charge in [0.05, 0.1) is 12.2 Å². The Morgan fingerprint density at radius 1 is 1.33 bits per heavy atom. The molecule has 2 aromatic rings. The predicted octanol–water partition coefficient (Wildman–Crippen LogP) is 2.51. The first-order chi connectivity index (χ1) is 9.94. The highest BCUT2D eigenvalue weighted by atomic mass is 79.9. The first-order valence-corrected chi connectivity index (χ1v) is 8.46. The molecular weight excluding hydrogens is 352 g/mol. The van der Waals surface area contributed by atoms with Crippen molar-refractivity contribution in [3.05, 3.63) is 28.5 Å². The van der Waals surface area contributed by atoms with Gasteiger partial charge in [0.15, 0.2) is 0 Å². The predicted molar refractivity (Wildman–Crippen MR) is 87.1 cm³/mol. The van der Waals surface area contributed by atoms with Crippen molar-refractivity contribution in [2.45, 2.75) is 43.8 Å². The molecule has 6 nitrogen and oxygen atoms in total. The van der Waals surface area contributed by atoms with Crippen molar-refractivity contribution in [2.75, 3.05) is 6.54 Å². The molecule has 0 amide bonds. The van der Waals surface area contributed by atoms with E-state index in [4.69, 9.17) is 0 Å². The van der Waals surface area contributed by atoms with E-state index in [1.807, 2.05) is 16.8 Å². The average Bonchev–Trinajstić information content (AvgIpc) is 2.84. The molecule has 0 radical (unpaired) electrons. The van der Waals surface area contributed by atoms with Gasteiger partial charge >= 0.3 is 0 Å². The number of rotatable bonds is 6. The topological polar surface area (TPSA) is 68.5 Å². The van der Waals surface area contributed by atoms with Crippen molar-refractivity contribution < 1.29 is 0 Å². The van der Waals surface area contributed by atoms with Gasteiger partial charge in [0, 0.05) is 28.5 Å². The molecule has 1 N–H and O–H groups in total. The van der Waals surface area contributed by atoms with E-state index in [9.17, 15) is 0 Å². The van der Waals surface area contributed by atoms with Gasteiger partial charge in [0.2, 0.25) is 5.16 Å². The van der Waals surface area contributed by atoms with E-state index >= 15 is 0 Å². The summed E-state index contributed by atoms with van der Waals surface area (Å²) in [4.78, 5) is 4.34. The van der Waals surface area contributed by atoms with Crippen LogP contribution in [-0.4, -0.2) is 37.3 Å². The van der Waals surface area contributed by atoms with E-state index in [1.54, 1.807) is 18.0 Å². The van der Waals surface area contributed by atoms with Crippen LogP contribution < -0.4 is 5.32 Å². The summed E-state index contributed by atoms with van der Waals surface area (Å²) in [5, 5.41) is 16.1. The summed E-state index contributed by atoms with van der Waals surface area (Å²) in [6, 6.07) is 3.98. The van der Waals surface area contributed by atoms with Crippen molar-refractivity contribution in [2.24, 2.45) is 0 Å². The number of nitrogens with one attached hydrogen (secondary N) is 1. The van der Waals surface area contributed by atoms with Gasteiger partial charge in [0.1, 0.15) is 0 Å². The van der Waals surface area contributed by atoms with Gasteiger partial charge in [-0.05, 0) is 59.3 Å². The molecule has 0 aliphatic carbocycles. The zero-order valence-electron chi connectivity index (χ0n) is 12.4. The first kappa shape index (κ1) is 16.4. The van der Waals surface area contributed by atoms with Gasteiger partial charge in [-0.15, -0.1) is 5.10 Å². The molecular formula is C13H19BrN6S. The molecule has 0 unspecified atom stereocenters. The summed E-state index contributed by atoms with van der Waals surface area (Å²) in [5.41, 5.74) is 1.11. The van der Waals surface area contributed by atoms with E-state index < -0.39 is 0 Å². The highest BCUT2D eigenvalue weighted by Gasteiger charge is 2.11. The number of aromatic nitrogens is 5. The number of pyridine rings is 1. The minimum atomic E-state index is 0.0999. The quantitative estimate of drug-likeness (QED) is 0.787. The summed E-state index contributed by atoms with van der Waals surface area (Å²) in [5.74, 6) is 0.750. The van der Waals surface area contributed by atoms with E-state index in [0.29, 0.717) is 0 Å². The molecule has 21 heavy (non-hydrogen) atoms. The van der Waals surface area contributed by atoms with Crippen LogP contribution in [0.3, 0.4) is 0 Å². The summed E-state index contributed by atoms with van der Waals surface area (Å²) in [6.45, 7) is 8.00. The lowest BCUT2D eigenvalue weighted by Gasteiger charge is -2.20. The van der Waals surface area contributed by atoms with Crippen molar-refractivity contribution in [1.82, 2.24) is 30.5 Å². The molecule has 0 fully saturated rings. The number of tetrazole rings is 1. The molecule has 0 bridgehead atoms. The minimum Gasteiger partial charge on any atom is -0.310 e. The Morgan fingerprint density at radius 3 is 2.81 bits per heavy atom. The van der Waals surface area contributed by atoms with Crippen LogP contribution in [0, 0.1) is 0 Å². The van der Waals surface area contributed by atoms with Crippen molar-refractivity contribution in [3.8, 4) is 0 Å². The van der Waals surface area contributed by atoms with Crippen molar-refractivity contribution in [1.29, 1.82) is 0 Å². The zero-order valence-corrected chi connectivity index (χ0v) is 14.8. The normalized spacial score (nSPS) is 11.8. The number of hydrogen-bond acceptors (Lipinski definition) is 6. The van der Waals surface area contributed by atoms with E-state index in [1.165, 1.54) is 0 Å². The summed E-state index contributed by atoms with van der Waals surface area (Å²) >= 11 is 4.97. The molecule has 0 saturated heterocycles. The van der Waals surface area contributed by atoms with Crippen LogP contribution in [0.15, 0.2) is 28.0 Å². The average molecular weight is 371 g/mol. The SMILES string of the molecule is CC(C)(C)NCCn1nnnc1SCc1ccc(Br)cn1. The van der Waals surface area contributed by atoms with E-state index in [2.05, 4.69) is 62.5 Å². The highest BCUT2D eigenvalue weighted by Crippen LogP contribution is 2.19. The van der Waals surface area contributed by atoms with Crippen LogP contribution in [0.4, 0.5) is 0 Å². The molecule has 0 aliphatic heterocycles. The molecule has 0 aromatic carbocycles. The summed E-state index contributed by atoms with van der Waals surface area (Å²) in [6.07, 6.45) is 1.80. The standard InChI is InChI=1S/C13H19BrN6S/c1-13(2,3)16-6-7-20-12(17-18-19-20)21-9-11-5-4-10(14)8-15-11/h4-5,8,16H,6-7,9H2,1-3H3. The fourth-order valence-electron chi connectivity index (χ4n) is 1.61. The number of thioether (sulfide) groups is 1. The minimum absolute atomic E-state index is 0.0999. The van der Waals surface area contributed by atoms with Gasteiger partial charge in [-0.1, -0.05) is 11.8 Å².